The predicted octanol–water partition coefficient (Wildman–Crippen LogP) is 24.7. The molecular weight excluding hydrogens is 1860 g/mol. The van der Waals surface area contributed by atoms with E-state index in [1.807, 2.05) is 154 Å². The van der Waals surface area contributed by atoms with Crippen LogP contribution in [0, 0.1) is 0 Å². The number of anilines is 5. The van der Waals surface area contributed by atoms with Gasteiger partial charge in [-0.15, -0.1) is 0 Å². The average Bonchev–Trinajstić information content (AvgIpc) is 1.60. The number of hydrogen-bond donors (Lipinski definition) is 6. The van der Waals surface area contributed by atoms with Crippen molar-refractivity contribution in [1.82, 2.24) is 39.9 Å². The highest BCUT2D eigenvalue weighted by Crippen LogP contribution is 2.32. The number of carbonyl (C=O) groups excluding carboxylic acids is 5. The summed E-state index contributed by atoms with van der Waals surface area (Å²) in [6, 6.07) is 64.0. The number of benzene rings is 6. The van der Waals surface area contributed by atoms with Crippen LogP contribution in [0.4, 0.5) is 38.5 Å². The Morgan fingerprint density at radius 2 is 0.847 bits per heavy atom. The maximum atomic E-state index is 13.0. The molecule has 0 saturated carbocycles. The number of halogens is 9. The van der Waals surface area contributed by atoms with E-state index >= 15 is 0 Å². The number of aromatic amines is 2. The van der Waals surface area contributed by atoms with Gasteiger partial charge in [0.15, 0.2) is 12.6 Å². The lowest BCUT2D eigenvalue weighted by molar-refractivity contribution is 0.0565. The van der Waals surface area contributed by atoms with Crippen LogP contribution in [0.3, 0.4) is 0 Å². The van der Waals surface area contributed by atoms with E-state index in [4.69, 9.17) is 73.2 Å². The molecule has 6 aromatic carbocycles. The summed E-state index contributed by atoms with van der Waals surface area (Å²) >= 11 is 42.4. The molecule has 0 aliphatic heterocycles. The molecule has 0 bridgehead atoms. The van der Waals surface area contributed by atoms with Gasteiger partial charge >= 0.3 is 12.2 Å². The number of aldehydes is 3. The number of hydrogen-bond acceptors (Lipinski definition) is 17. The van der Waals surface area contributed by atoms with Crippen LogP contribution < -0.4 is 26.2 Å². The summed E-state index contributed by atoms with van der Waals surface area (Å²) in [7, 11) is 0. The van der Waals surface area contributed by atoms with Gasteiger partial charge in [0.05, 0.1) is 13.1 Å². The highest BCUT2D eigenvalue weighted by molar-refractivity contribution is 9.11. The number of H-pyrrole nitrogens is 2. The molecular formula is C88H80Br4Cl5N13O8. The van der Waals surface area contributed by atoms with Crippen LogP contribution in [0.2, 0.25) is 25.1 Å². The summed E-state index contributed by atoms with van der Waals surface area (Å²) in [5.74, 6) is 2.41. The summed E-state index contributed by atoms with van der Waals surface area (Å²) in [6.45, 7) is 12.8. The normalized spacial score (nSPS) is 10.8. The second-order valence-corrected chi connectivity index (χ2v) is 33.2. The van der Waals surface area contributed by atoms with Crippen LogP contribution in [0.15, 0.2) is 280 Å². The minimum absolute atomic E-state index is 0.253. The number of nitrogens with two attached hydrogens (primary N) is 1. The summed E-state index contributed by atoms with van der Waals surface area (Å²) < 4.78 is 14.9. The molecule has 0 radical (unpaired) electrons. The molecule has 8 aromatic heterocycles. The number of nitrogens with zero attached hydrogens (tertiary/aromatic N) is 8. The van der Waals surface area contributed by atoms with Crippen molar-refractivity contribution in [3.8, 4) is 0 Å². The molecule has 608 valence electrons. The number of aromatic nitrogens is 8. The Kier molecular flexibility index (Phi) is 36.8. The third kappa shape index (κ3) is 32.5. The van der Waals surface area contributed by atoms with Crippen molar-refractivity contribution >= 4 is 204 Å². The number of rotatable bonds is 17. The molecule has 0 saturated heterocycles. The molecule has 0 aliphatic rings. The van der Waals surface area contributed by atoms with Crippen molar-refractivity contribution in [1.29, 1.82) is 0 Å². The van der Waals surface area contributed by atoms with Gasteiger partial charge in [-0.2, -0.15) is 0 Å². The van der Waals surface area contributed by atoms with E-state index in [0.29, 0.717) is 73.0 Å². The molecule has 118 heavy (non-hydrogen) atoms. The van der Waals surface area contributed by atoms with E-state index in [9.17, 15) is 29.1 Å². The first kappa shape index (κ1) is 93.1. The molecule has 7 N–H and O–H groups in total. The van der Waals surface area contributed by atoms with Crippen LogP contribution in [0.5, 0.6) is 0 Å². The lowest BCUT2D eigenvalue weighted by Gasteiger charge is -2.27. The number of ether oxygens (including phenoxy) is 2. The summed E-state index contributed by atoms with van der Waals surface area (Å²) in [5.41, 5.74) is 13.5. The van der Waals surface area contributed by atoms with Crippen molar-refractivity contribution in [3.63, 3.8) is 0 Å². The lowest BCUT2D eigenvalue weighted by atomic mass is 10.0. The second kappa shape index (κ2) is 46.7. The van der Waals surface area contributed by atoms with E-state index < -0.39 is 29.5 Å². The lowest BCUT2D eigenvalue weighted by Crippen LogP contribution is -2.37. The molecule has 1 atom stereocenters. The fraction of sp³-hybridized carbons (Fsp3) is 0.148. The number of fused-ring (bicyclic) bond motifs is 2. The Bertz CT molecular complexity index is 5420. The topological polar surface area (TPSA) is 290 Å². The highest BCUT2D eigenvalue weighted by Gasteiger charge is 2.27. The Morgan fingerprint density at radius 3 is 1.26 bits per heavy atom. The molecule has 0 fully saturated rings. The van der Waals surface area contributed by atoms with Crippen LogP contribution in [-0.2, 0) is 35.7 Å². The van der Waals surface area contributed by atoms with Gasteiger partial charge in [0, 0.05) is 150 Å². The van der Waals surface area contributed by atoms with Crippen molar-refractivity contribution in [2.24, 2.45) is 0 Å². The SMILES string of the molecule is Brc1cnc2[nH]ccc2c1.CC(C)(C)OC(=O)N(Cc1ccc(Cl)cc1)c1ccc(C(O)c2c[nH]c3ncc(Br)cc23)cn1.CC(C)(C)OC(=O)N(Cc1ccc(Cl)cc1)c1ccc(C=O)cn1.Clc1ccc(CNc2ccc(Br)cn2)cc1.Nc1ccc(Br)cc1.O=Cc1ccc(Cl)cc1.O=Cc1ccc(NCc2ccc(Cl)cc2)nc1. The summed E-state index contributed by atoms with van der Waals surface area (Å²) in [5, 5.41) is 22.7. The third-order valence-electron chi connectivity index (χ3n) is 15.8. The highest BCUT2D eigenvalue weighted by atomic mass is 79.9. The zero-order valence-corrected chi connectivity index (χ0v) is 74.4. The van der Waals surface area contributed by atoms with E-state index in [-0.39, 0.29) is 13.1 Å². The molecule has 30 heteroatoms. The van der Waals surface area contributed by atoms with Gasteiger partial charge < -0.3 is 40.9 Å². The quantitative estimate of drug-likeness (QED) is 0.0365. The fourth-order valence-electron chi connectivity index (χ4n) is 9.97. The molecule has 14 aromatic rings. The number of aliphatic hydroxyl groups excluding tert-OH is 1. The Labute approximate surface area is 742 Å². The monoisotopic (exact) mass is 1940 g/mol. The Hall–Kier alpha value is -10.4. The van der Waals surface area contributed by atoms with E-state index in [2.05, 4.69) is 114 Å². The molecule has 2 amide bonds. The Morgan fingerprint density at radius 1 is 0.449 bits per heavy atom. The van der Waals surface area contributed by atoms with Gasteiger partial charge in [0.25, 0.3) is 0 Å². The molecule has 21 nitrogen and oxygen atoms in total. The summed E-state index contributed by atoms with van der Waals surface area (Å²) in [6.07, 6.45) is 13.7. The van der Waals surface area contributed by atoms with Crippen LogP contribution in [0.25, 0.3) is 22.1 Å². The van der Waals surface area contributed by atoms with Crippen molar-refractivity contribution in [3.05, 3.63) is 355 Å². The minimum atomic E-state index is -0.919. The van der Waals surface area contributed by atoms with Gasteiger partial charge in [-0.05, 0) is 257 Å². The molecule has 1 unspecified atom stereocenters. The average molecular weight is 1940 g/mol. The van der Waals surface area contributed by atoms with Crippen LogP contribution in [0.1, 0.15) is 112 Å². The number of carbonyl (C=O) groups is 5. The molecule has 8 heterocycles. The van der Waals surface area contributed by atoms with Gasteiger partial charge in [0.2, 0.25) is 0 Å². The van der Waals surface area contributed by atoms with Crippen LogP contribution in [-0.4, -0.2) is 87.2 Å². The van der Waals surface area contributed by atoms with Crippen LogP contribution >= 0.6 is 122 Å². The maximum absolute atomic E-state index is 13.0. The third-order valence-corrected chi connectivity index (χ3v) is 18.9. The maximum Gasteiger partial charge on any atom is 0.416 e. The van der Waals surface area contributed by atoms with E-state index in [1.165, 1.54) is 27.8 Å². The largest absolute Gasteiger partial charge is 0.443 e. The van der Waals surface area contributed by atoms with Crippen molar-refractivity contribution in [2.45, 2.75) is 85.0 Å². The number of pyridine rings is 6. The first-order valence-electron chi connectivity index (χ1n) is 35.9. The zero-order chi connectivity index (χ0) is 85.3. The zero-order valence-electron chi connectivity index (χ0n) is 64.3. The number of amides is 2. The predicted molar refractivity (Wildman–Crippen MR) is 488 cm³/mol. The van der Waals surface area contributed by atoms with Gasteiger partial charge in [-0.25, -0.2) is 39.5 Å². The standard InChI is InChI=1S/C25H24BrClN4O3.C18H19ClN2O3.C13H11ClN2O.C12H10BrClN2.C7H5BrN2.C7H5ClO.C6H6BrN/c1-25(2,3)34-24(33)31(14-15-4-7-18(27)8-5-15)21-9-6-16(11-28-21)22(32)20-13-30-23-19(20)10-17(26)12-29-23;1-18(2,3)24-17(23)21(11-13-4-7-15(19)8-5-13)16-9-6-14(12-22)10-20-16;14-12-4-1-10(2-5-12)7-15-13-6-3-11(9-17)8-16-13;13-10-3-6-12(16-8-10)15-7-9-1-4-11(14)5-2-9;8-6-3-5-1-2-9-7(5)10-4-6;8-7-3-1-6(5-9)2-4-7;7-5-1-3-6(8)4-2-5/h4-13,22,32H,14H2,1-3H3,(H,29,30);4-10,12H,11H2,1-3H3;1-6,8-9H,7H2,(H,15,16);1-6,8H,7H2,(H,15,16);1-4H,(H,9,10);1-5H;1-4H,8H2. The van der Waals surface area contributed by atoms with Gasteiger partial charge in [-0.1, -0.05) is 141 Å². The first-order valence-corrected chi connectivity index (χ1v) is 40.9. The minimum Gasteiger partial charge on any atom is -0.443 e. The Balaban J connectivity index is 0.000000182. The molecule has 0 aliphatic carbocycles. The summed E-state index contributed by atoms with van der Waals surface area (Å²) in [4.78, 5) is 91.3. The van der Waals surface area contributed by atoms with Crippen molar-refractivity contribution in [2.75, 3.05) is 26.2 Å². The first-order chi connectivity index (χ1) is 56.4. The number of aliphatic hydroxyl groups is 1. The van der Waals surface area contributed by atoms with Gasteiger partial charge in [-0.3, -0.25) is 24.2 Å². The van der Waals surface area contributed by atoms with E-state index in [0.717, 1.165) is 97.5 Å². The smallest absolute Gasteiger partial charge is 0.416 e. The second-order valence-electron chi connectivity index (χ2n) is 27.3. The molecule has 0 spiro atoms. The number of nitrogen functional groups attached to an aromatic ring is 1. The number of nitrogens with one attached hydrogen (secondary N) is 4. The van der Waals surface area contributed by atoms with Crippen molar-refractivity contribution < 1.29 is 38.6 Å². The van der Waals surface area contributed by atoms with Gasteiger partial charge in [0.1, 0.15) is 58.2 Å². The fourth-order valence-corrected chi connectivity index (χ4v) is 11.8. The molecule has 14 rings (SSSR count). The van der Waals surface area contributed by atoms with E-state index in [1.54, 1.807) is 137 Å².